The largest absolute Gasteiger partial charge is 0.481 e. The minimum atomic E-state index is -0.740. The molecule has 0 radical (unpaired) electrons. The smallest absolute Gasteiger partial charge is 0.303 e. The number of hydrogen-bond acceptors (Lipinski definition) is 3. The van der Waals surface area contributed by atoms with Gasteiger partial charge in [0.15, 0.2) is 0 Å². The van der Waals surface area contributed by atoms with E-state index in [0.717, 1.165) is 30.9 Å². The topological polar surface area (TPSA) is 78.0 Å². The highest BCUT2D eigenvalue weighted by Gasteiger charge is 2.17. The van der Waals surface area contributed by atoms with Gasteiger partial charge in [0.25, 0.3) is 0 Å². The van der Waals surface area contributed by atoms with Crippen LogP contribution >= 0.6 is 0 Å². The minimum absolute atomic E-state index is 0.217. The first-order valence-electron chi connectivity index (χ1n) is 4.75. The van der Waals surface area contributed by atoms with E-state index in [0.29, 0.717) is 6.42 Å². The van der Waals surface area contributed by atoms with Crippen LogP contribution in [-0.4, -0.2) is 21.3 Å². The Kier molecular flexibility index (Phi) is 2.49. The molecule has 0 saturated heterocycles. The van der Waals surface area contributed by atoms with Crippen LogP contribution in [0.3, 0.4) is 0 Å². The van der Waals surface area contributed by atoms with Crippen LogP contribution in [0.1, 0.15) is 29.8 Å². The first kappa shape index (κ1) is 9.21. The lowest BCUT2D eigenvalue weighted by atomic mass is 10.1. The van der Waals surface area contributed by atoms with Crippen LogP contribution in [0.2, 0.25) is 0 Å². The second-order valence-corrected chi connectivity index (χ2v) is 3.48. The number of aliphatic carboxylic acids is 1. The molecule has 1 aliphatic rings. The van der Waals surface area contributed by atoms with Crippen molar-refractivity contribution in [3.8, 4) is 0 Å². The molecule has 1 aliphatic heterocycles. The molecule has 1 aromatic heterocycles. The predicted octanol–water partition coefficient (Wildman–Crippen LogP) is 0.420. The molecule has 0 bridgehead atoms. The number of carboxylic acids is 1. The summed E-state index contributed by atoms with van der Waals surface area (Å²) in [6.45, 7) is 1.70. The number of rotatable bonds is 4. The summed E-state index contributed by atoms with van der Waals surface area (Å²) in [6, 6.07) is 0. The van der Waals surface area contributed by atoms with Crippen molar-refractivity contribution >= 4 is 5.97 Å². The number of aromatic amines is 1. The highest BCUT2D eigenvalue weighted by molar-refractivity contribution is 5.66. The Morgan fingerprint density at radius 1 is 1.50 bits per heavy atom. The molecule has 1 aromatic rings. The summed E-state index contributed by atoms with van der Waals surface area (Å²) in [5, 5.41) is 18.9. The number of carboxylic acid groups (broad SMARTS) is 1. The quantitative estimate of drug-likeness (QED) is 0.650. The summed E-state index contributed by atoms with van der Waals surface area (Å²) >= 11 is 0. The van der Waals surface area contributed by atoms with Crippen molar-refractivity contribution in [1.82, 2.24) is 15.5 Å². The Bertz CT molecular complexity index is 346. The number of aromatic nitrogens is 2. The van der Waals surface area contributed by atoms with Gasteiger partial charge in [0.05, 0.1) is 11.4 Å². The van der Waals surface area contributed by atoms with E-state index in [2.05, 4.69) is 15.5 Å². The van der Waals surface area contributed by atoms with E-state index in [9.17, 15) is 4.79 Å². The van der Waals surface area contributed by atoms with Crippen molar-refractivity contribution in [2.75, 3.05) is 0 Å². The number of carbonyl (C=O) groups is 1. The second-order valence-electron chi connectivity index (χ2n) is 3.48. The number of nitrogens with one attached hydrogen (secondary N) is 2. The maximum absolute atomic E-state index is 10.3. The molecule has 5 heteroatoms. The highest BCUT2D eigenvalue weighted by atomic mass is 16.4. The molecule has 0 aromatic carbocycles. The lowest BCUT2D eigenvalue weighted by Gasteiger charge is -1.97. The van der Waals surface area contributed by atoms with Gasteiger partial charge in [-0.3, -0.25) is 9.89 Å². The molecule has 5 nitrogen and oxygen atoms in total. The van der Waals surface area contributed by atoms with E-state index >= 15 is 0 Å². The molecular formula is C9H13N3O2. The third-order valence-corrected chi connectivity index (χ3v) is 2.45. The summed E-state index contributed by atoms with van der Waals surface area (Å²) < 4.78 is 0. The van der Waals surface area contributed by atoms with Gasteiger partial charge >= 0.3 is 5.97 Å². The van der Waals surface area contributed by atoms with Gasteiger partial charge < -0.3 is 10.4 Å². The molecule has 0 atom stereocenters. The monoisotopic (exact) mass is 195 g/mol. The maximum Gasteiger partial charge on any atom is 0.303 e. The fraction of sp³-hybridized carbons (Fsp3) is 0.556. The molecule has 76 valence electrons. The van der Waals surface area contributed by atoms with Gasteiger partial charge in [-0.2, -0.15) is 5.10 Å². The van der Waals surface area contributed by atoms with Crippen molar-refractivity contribution in [2.24, 2.45) is 0 Å². The van der Waals surface area contributed by atoms with Crippen molar-refractivity contribution < 1.29 is 9.90 Å². The second kappa shape index (κ2) is 3.79. The maximum atomic E-state index is 10.3. The van der Waals surface area contributed by atoms with Crippen LogP contribution in [0.25, 0.3) is 0 Å². The average molecular weight is 195 g/mol. The Morgan fingerprint density at radius 3 is 3.14 bits per heavy atom. The van der Waals surface area contributed by atoms with E-state index < -0.39 is 5.97 Å². The van der Waals surface area contributed by atoms with Crippen LogP contribution in [0.4, 0.5) is 0 Å². The van der Waals surface area contributed by atoms with Crippen molar-refractivity contribution in [1.29, 1.82) is 0 Å². The van der Waals surface area contributed by atoms with Crippen LogP contribution in [0, 0.1) is 0 Å². The fourth-order valence-electron chi connectivity index (χ4n) is 1.73. The molecule has 0 aliphatic carbocycles. The molecular weight excluding hydrogens is 182 g/mol. The van der Waals surface area contributed by atoms with Crippen molar-refractivity contribution in [2.45, 2.75) is 32.4 Å². The lowest BCUT2D eigenvalue weighted by molar-refractivity contribution is -0.137. The van der Waals surface area contributed by atoms with Crippen molar-refractivity contribution in [3.63, 3.8) is 0 Å². The summed E-state index contributed by atoms with van der Waals surface area (Å²) in [5.41, 5.74) is 3.40. The lowest BCUT2D eigenvalue weighted by Crippen LogP contribution is -2.04. The van der Waals surface area contributed by atoms with Crippen molar-refractivity contribution in [3.05, 3.63) is 17.0 Å². The third-order valence-electron chi connectivity index (χ3n) is 2.45. The van der Waals surface area contributed by atoms with Gasteiger partial charge in [0, 0.05) is 25.1 Å². The van der Waals surface area contributed by atoms with E-state index in [1.807, 2.05) is 0 Å². The number of hydrogen-bond donors (Lipinski definition) is 3. The molecule has 14 heavy (non-hydrogen) atoms. The number of aryl methyl sites for hydroxylation is 1. The van der Waals surface area contributed by atoms with Crippen LogP contribution < -0.4 is 5.32 Å². The minimum Gasteiger partial charge on any atom is -0.481 e. The Balaban J connectivity index is 1.93. The summed E-state index contributed by atoms with van der Waals surface area (Å²) in [4.78, 5) is 10.3. The standard InChI is InChI=1S/C9H13N3O2/c13-9(14)3-1-2-7-6-4-10-5-8(6)12-11-7/h10H,1-5H2,(H,11,12)(H,13,14). The number of H-pyrrole nitrogens is 1. The summed E-state index contributed by atoms with van der Waals surface area (Å²) in [7, 11) is 0. The first-order valence-corrected chi connectivity index (χ1v) is 4.75. The molecule has 0 unspecified atom stereocenters. The third kappa shape index (κ3) is 1.77. The Labute approximate surface area is 81.5 Å². The molecule has 0 spiro atoms. The van der Waals surface area contributed by atoms with E-state index in [-0.39, 0.29) is 6.42 Å². The summed E-state index contributed by atoms with van der Waals surface area (Å²) in [5.74, 6) is -0.740. The van der Waals surface area contributed by atoms with E-state index in [1.54, 1.807) is 0 Å². The van der Waals surface area contributed by atoms with E-state index in [4.69, 9.17) is 5.11 Å². The Morgan fingerprint density at radius 2 is 2.36 bits per heavy atom. The SMILES string of the molecule is O=C(O)CCCc1n[nH]c2c1CNC2. The number of fused-ring (bicyclic) bond motifs is 1. The van der Waals surface area contributed by atoms with Gasteiger partial charge in [0.2, 0.25) is 0 Å². The van der Waals surface area contributed by atoms with Gasteiger partial charge in [0.1, 0.15) is 0 Å². The normalized spacial score (nSPS) is 14.3. The molecule has 3 N–H and O–H groups in total. The fourth-order valence-corrected chi connectivity index (χ4v) is 1.73. The van der Waals surface area contributed by atoms with Crippen LogP contribution in [0.5, 0.6) is 0 Å². The summed E-state index contributed by atoms with van der Waals surface area (Å²) in [6.07, 6.45) is 1.63. The van der Waals surface area contributed by atoms with E-state index in [1.165, 1.54) is 5.56 Å². The number of nitrogens with zero attached hydrogens (tertiary/aromatic N) is 1. The van der Waals surface area contributed by atoms with Crippen LogP contribution in [0.15, 0.2) is 0 Å². The molecule has 0 fully saturated rings. The average Bonchev–Trinajstić information content (AvgIpc) is 2.67. The molecule has 2 heterocycles. The molecule has 0 amide bonds. The van der Waals surface area contributed by atoms with Gasteiger partial charge in [-0.25, -0.2) is 0 Å². The zero-order valence-corrected chi connectivity index (χ0v) is 7.84. The predicted molar refractivity (Wildman–Crippen MR) is 49.7 cm³/mol. The Hall–Kier alpha value is -1.36. The zero-order chi connectivity index (χ0) is 9.97. The van der Waals surface area contributed by atoms with Gasteiger partial charge in [-0.05, 0) is 12.8 Å². The first-order chi connectivity index (χ1) is 6.77. The molecule has 2 rings (SSSR count). The van der Waals surface area contributed by atoms with Crippen LogP contribution in [-0.2, 0) is 24.3 Å². The van der Waals surface area contributed by atoms with Gasteiger partial charge in [-0.1, -0.05) is 0 Å². The highest BCUT2D eigenvalue weighted by Crippen LogP contribution is 2.18. The van der Waals surface area contributed by atoms with Gasteiger partial charge in [-0.15, -0.1) is 0 Å². The zero-order valence-electron chi connectivity index (χ0n) is 7.84. The molecule has 0 saturated carbocycles.